The van der Waals surface area contributed by atoms with Gasteiger partial charge >= 0.3 is 5.97 Å². The summed E-state index contributed by atoms with van der Waals surface area (Å²) < 4.78 is 5.10. The maximum atomic E-state index is 11.8. The van der Waals surface area contributed by atoms with Crippen LogP contribution in [-0.2, 0) is 9.59 Å². The standard InChI is InChI=1S/C13H10N2O5/c16-10-4-2-7(12(17)14-10)11-8-5-6(13(18)19)1-3-9(8)20-15-11/h1,3,5,7H,2,4H2,(H,18,19)(H,14,16,17). The van der Waals surface area contributed by atoms with E-state index in [1.54, 1.807) is 0 Å². The first-order valence-electron chi connectivity index (χ1n) is 6.02. The lowest BCUT2D eigenvalue weighted by Crippen LogP contribution is -2.39. The molecule has 7 heteroatoms. The van der Waals surface area contributed by atoms with E-state index in [1.165, 1.54) is 18.2 Å². The van der Waals surface area contributed by atoms with E-state index >= 15 is 0 Å². The average molecular weight is 274 g/mol. The molecule has 0 spiro atoms. The molecular formula is C13H10N2O5. The Balaban J connectivity index is 2.07. The van der Waals surface area contributed by atoms with Crippen LogP contribution in [0.1, 0.15) is 34.8 Å². The first-order valence-corrected chi connectivity index (χ1v) is 6.02. The van der Waals surface area contributed by atoms with Gasteiger partial charge < -0.3 is 9.63 Å². The van der Waals surface area contributed by atoms with Crippen molar-refractivity contribution in [2.75, 3.05) is 0 Å². The zero-order chi connectivity index (χ0) is 14.3. The van der Waals surface area contributed by atoms with E-state index in [2.05, 4.69) is 10.5 Å². The monoisotopic (exact) mass is 274 g/mol. The lowest BCUT2D eigenvalue weighted by Gasteiger charge is -2.18. The molecule has 7 nitrogen and oxygen atoms in total. The molecule has 1 aliphatic rings. The van der Waals surface area contributed by atoms with Gasteiger partial charge in [-0.3, -0.25) is 14.9 Å². The molecule has 2 aromatic rings. The Labute approximate surface area is 112 Å². The van der Waals surface area contributed by atoms with Crippen molar-refractivity contribution in [3.8, 4) is 0 Å². The van der Waals surface area contributed by atoms with Gasteiger partial charge in [-0.1, -0.05) is 5.16 Å². The number of carbonyl (C=O) groups excluding carboxylic acids is 2. The lowest BCUT2D eigenvalue weighted by molar-refractivity contribution is -0.134. The molecule has 0 radical (unpaired) electrons. The number of nitrogens with one attached hydrogen (secondary N) is 1. The van der Waals surface area contributed by atoms with E-state index in [-0.39, 0.29) is 17.9 Å². The molecule has 1 fully saturated rings. The summed E-state index contributed by atoms with van der Waals surface area (Å²) in [5.74, 6) is -2.41. The van der Waals surface area contributed by atoms with Crippen molar-refractivity contribution in [2.45, 2.75) is 18.8 Å². The summed E-state index contributed by atoms with van der Waals surface area (Å²) in [5, 5.41) is 15.6. The predicted octanol–water partition coefficient (Wildman–Crippen LogP) is 1.05. The summed E-state index contributed by atoms with van der Waals surface area (Å²) >= 11 is 0. The van der Waals surface area contributed by atoms with E-state index in [0.29, 0.717) is 23.1 Å². The third-order valence-corrected chi connectivity index (χ3v) is 3.31. The number of imide groups is 1. The third-order valence-electron chi connectivity index (χ3n) is 3.31. The van der Waals surface area contributed by atoms with Crippen LogP contribution in [0.4, 0.5) is 0 Å². The van der Waals surface area contributed by atoms with Crippen LogP contribution in [-0.4, -0.2) is 28.0 Å². The molecule has 1 aliphatic heterocycles. The minimum absolute atomic E-state index is 0.0919. The van der Waals surface area contributed by atoms with Crippen molar-refractivity contribution in [3.63, 3.8) is 0 Å². The Morgan fingerprint density at radius 1 is 1.40 bits per heavy atom. The summed E-state index contributed by atoms with van der Waals surface area (Å²) in [6.45, 7) is 0. The molecule has 102 valence electrons. The smallest absolute Gasteiger partial charge is 0.335 e. The van der Waals surface area contributed by atoms with Crippen LogP contribution in [0.2, 0.25) is 0 Å². The van der Waals surface area contributed by atoms with Crippen molar-refractivity contribution in [2.24, 2.45) is 0 Å². The highest BCUT2D eigenvalue weighted by molar-refractivity contribution is 6.03. The van der Waals surface area contributed by atoms with Crippen LogP contribution in [0.5, 0.6) is 0 Å². The molecule has 2 amide bonds. The van der Waals surface area contributed by atoms with E-state index < -0.39 is 17.8 Å². The number of hydrogen-bond donors (Lipinski definition) is 2. The number of amides is 2. The average Bonchev–Trinajstić information content (AvgIpc) is 2.81. The number of aromatic carboxylic acids is 1. The number of benzene rings is 1. The third kappa shape index (κ3) is 1.93. The number of fused-ring (bicyclic) bond motifs is 1. The summed E-state index contributed by atoms with van der Waals surface area (Å²) in [4.78, 5) is 34.0. The van der Waals surface area contributed by atoms with E-state index in [0.717, 1.165) is 0 Å². The number of carboxylic acid groups (broad SMARTS) is 1. The Hall–Kier alpha value is -2.70. The normalized spacial score (nSPS) is 19.1. The summed E-state index contributed by atoms with van der Waals surface area (Å²) in [6, 6.07) is 4.33. The fourth-order valence-electron chi connectivity index (χ4n) is 2.30. The van der Waals surface area contributed by atoms with Gasteiger partial charge in [0.25, 0.3) is 0 Å². The number of hydrogen-bond acceptors (Lipinski definition) is 5. The van der Waals surface area contributed by atoms with Crippen LogP contribution < -0.4 is 5.32 Å². The van der Waals surface area contributed by atoms with E-state index in [4.69, 9.17) is 9.63 Å². The van der Waals surface area contributed by atoms with Gasteiger partial charge in [0, 0.05) is 11.8 Å². The van der Waals surface area contributed by atoms with Crippen LogP contribution in [0, 0.1) is 0 Å². The molecule has 1 unspecified atom stereocenters. The first kappa shape index (κ1) is 12.3. The minimum atomic E-state index is -1.07. The van der Waals surface area contributed by atoms with Gasteiger partial charge in [0.1, 0.15) is 5.69 Å². The molecule has 20 heavy (non-hydrogen) atoms. The van der Waals surface area contributed by atoms with Crippen LogP contribution in [0.25, 0.3) is 11.0 Å². The zero-order valence-corrected chi connectivity index (χ0v) is 10.3. The number of carbonyl (C=O) groups is 3. The van der Waals surface area contributed by atoms with Crippen LogP contribution in [0.3, 0.4) is 0 Å². The van der Waals surface area contributed by atoms with Gasteiger partial charge in [-0.25, -0.2) is 4.79 Å². The highest BCUT2D eigenvalue weighted by Gasteiger charge is 2.32. The Morgan fingerprint density at radius 2 is 2.20 bits per heavy atom. The molecule has 3 rings (SSSR count). The van der Waals surface area contributed by atoms with Gasteiger partial charge in [-0.05, 0) is 24.6 Å². The van der Waals surface area contributed by atoms with Gasteiger partial charge in [-0.2, -0.15) is 0 Å². The summed E-state index contributed by atoms with van der Waals surface area (Å²) in [6.07, 6.45) is 0.562. The fourth-order valence-corrected chi connectivity index (χ4v) is 2.30. The first-order chi connectivity index (χ1) is 9.56. The maximum Gasteiger partial charge on any atom is 0.335 e. The molecule has 1 aromatic heterocycles. The number of aromatic nitrogens is 1. The van der Waals surface area contributed by atoms with Crippen molar-refractivity contribution in [3.05, 3.63) is 29.5 Å². The minimum Gasteiger partial charge on any atom is -0.478 e. The number of rotatable bonds is 2. The fraction of sp³-hybridized carbons (Fsp3) is 0.231. The highest BCUT2D eigenvalue weighted by atomic mass is 16.5. The van der Waals surface area contributed by atoms with Crippen LogP contribution >= 0.6 is 0 Å². The van der Waals surface area contributed by atoms with Crippen molar-refractivity contribution >= 4 is 28.8 Å². The van der Waals surface area contributed by atoms with E-state index in [9.17, 15) is 14.4 Å². The highest BCUT2D eigenvalue weighted by Crippen LogP contribution is 2.30. The Morgan fingerprint density at radius 3 is 2.90 bits per heavy atom. The number of piperidine rings is 1. The molecule has 1 aromatic carbocycles. The van der Waals surface area contributed by atoms with Crippen molar-refractivity contribution in [1.82, 2.24) is 10.5 Å². The maximum absolute atomic E-state index is 11.8. The summed E-state index contributed by atoms with van der Waals surface area (Å²) in [5.41, 5.74) is 0.872. The predicted molar refractivity (Wildman–Crippen MR) is 66.1 cm³/mol. The molecule has 1 atom stereocenters. The van der Waals surface area contributed by atoms with Gasteiger partial charge in [-0.15, -0.1) is 0 Å². The molecule has 1 saturated heterocycles. The van der Waals surface area contributed by atoms with Gasteiger partial charge in [0.2, 0.25) is 11.8 Å². The Bertz CT molecular complexity index is 733. The van der Waals surface area contributed by atoms with Crippen LogP contribution in [0.15, 0.2) is 22.7 Å². The number of nitrogens with zero attached hydrogens (tertiary/aromatic N) is 1. The molecule has 0 saturated carbocycles. The van der Waals surface area contributed by atoms with Gasteiger partial charge in [0.05, 0.1) is 11.5 Å². The molecule has 2 N–H and O–H groups in total. The lowest BCUT2D eigenvalue weighted by atomic mass is 9.92. The number of carboxylic acids is 1. The molecule has 0 aliphatic carbocycles. The van der Waals surface area contributed by atoms with Crippen molar-refractivity contribution < 1.29 is 24.0 Å². The second-order valence-electron chi connectivity index (χ2n) is 4.59. The zero-order valence-electron chi connectivity index (χ0n) is 10.3. The summed E-state index contributed by atoms with van der Waals surface area (Å²) in [7, 11) is 0. The SMILES string of the molecule is O=C1CCC(c2noc3ccc(C(=O)O)cc23)C(=O)N1. The molecular weight excluding hydrogens is 264 g/mol. The topological polar surface area (TPSA) is 110 Å². The molecule has 0 bridgehead atoms. The van der Waals surface area contributed by atoms with E-state index in [1.807, 2.05) is 0 Å². The Kier molecular flexibility index (Phi) is 2.74. The second-order valence-corrected chi connectivity index (χ2v) is 4.59. The molecule has 2 heterocycles. The van der Waals surface area contributed by atoms with Crippen molar-refractivity contribution in [1.29, 1.82) is 0 Å². The quantitative estimate of drug-likeness (QED) is 0.792. The largest absolute Gasteiger partial charge is 0.478 e. The van der Waals surface area contributed by atoms with Gasteiger partial charge in [0.15, 0.2) is 5.58 Å². The second kappa shape index (κ2) is 4.44.